The zero-order chi connectivity index (χ0) is 35.1. The third-order valence-electron chi connectivity index (χ3n) is 11.9. The van der Waals surface area contributed by atoms with Crippen LogP contribution in [0.3, 0.4) is 0 Å². The predicted octanol–water partition coefficient (Wildman–Crippen LogP) is 12.8. The number of benzene rings is 8. The topological polar surface area (TPSA) is 6.48 Å². The minimum Gasteiger partial charge on any atom is -0.345 e. The molecule has 2 nitrogen and oxygen atoms in total. The Bertz CT molecular complexity index is 2680. The Kier molecular flexibility index (Phi) is 6.48. The molecule has 3 aliphatic rings. The Morgan fingerprint density at radius 2 is 0.887 bits per heavy atom. The van der Waals surface area contributed by atoms with Crippen molar-refractivity contribution in [1.29, 1.82) is 0 Å². The number of hydrogen-bond donors (Lipinski definition) is 0. The highest BCUT2D eigenvalue weighted by Gasteiger charge is 2.52. The van der Waals surface area contributed by atoms with Crippen molar-refractivity contribution in [3.05, 3.63) is 221 Å². The van der Waals surface area contributed by atoms with Crippen molar-refractivity contribution in [1.82, 2.24) is 0 Å². The molecular weight excluding hydrogens is 641 g/mol. The molecule has 0 saturated carbocycles. The van der Waals surface area contributed by atoms with Crippen LogP contribution >= 0.6 is 0 Å². The number of nitrogens with zero attached hydrogens (tertiary/aromatic N) is 2. The minimum absolute atomic E-state index is 0.474. The van der Waals surface area contributed by atoms with E-state index in [0.717, 1.165) is 17.8 Å². The first-order valence-corrected chi connectivity index (χ1v) is 18.5. The molecule has 0 bridgehead atoms. The molecule has 0 fully saturated rings. The van der Waals surface area contributed by atoms with Gasteiger partial charge in [-0.1, -0.05) is 133 Å². The fourth-order valence-corrected chi connectivity index (χ4v) is 9.62. The Morgan fingerprint density at radius 1 is 0.377 bits per heavy atom. The largest absolute Gasteiger partial charge is 0.345 e. The van der Waals surface area contributed by atoms with Crippen LogP contribution in [0, 0.1) is 0 Å². The predicted molar refractivity (Wildman–Crippen MR) is 220 cm³/mol. The monoisotopic (exact) mass is 676 g/mol. The zero-order valence-electron chi connectivity index (χ0n) is 29.5. The second kappa shape index (κ2) is 11.4. The summed E-state index contributed by atoms with van der Waals surface area (Å²) in [6, 6.07) is 69.8. The minimum atomic E-state index is -0.474. The van der Waals surface area contributed by atoms with Gasteiger partial charge in [-0.25, -0.2) is 0 Å². The summed E-state index contributed by atoms with van der Waals surface area (Å²) < 4.78 is 0. The summed E-state index contributed by atoms with van der Waals surface area (Å²) in [7, 11) is 2.18. The summed E-state index contributed by atoms with van der Waals surface area (Å²) in [6.07, 6.45) is 0.920. The van der Waals surface area contributed by atoms with Crippen molar-refractivity contribution >= 4 is 28.4 Å². The van der Waals surface area contributed by atoms with Crippen molar-refractivity contribution in [2.24, 2.45) is 0 Å². The molecule has 0 aromatic heterocycles. The van der Waals surface area contributed by atoms with Crippen LogP contribution in [-0.4, -0.2) is 7.05 Å². The van der Waals surface area contributed by atoms with Crippen molar-refractivity contribution < 1.29 is 0 Å². The quantitative estimate of drug-likeness (QED) is 0.179. The molecule has 0 unspecified atom stereocenters. The first kappa shape index (κ1) is 30.0. The molecule has 0 aliphatic heterocycles. The maximum atomic E-state index is 2.50. The summed E-state index contributed by atoms with van der Waals surface area (Å²) in [6.45, 7) is 0. The second-order valence-electron chi connectivity index (χ2n) is 14.5. The fraction of sp³-hybridized carbons (Fsp3) is 0.0588. The van der Waals surface area contributed by atoms with E-state index in [0.29, 0.717) is 0 Å². The van der Waals surface area contributed by atoms with Gasteiger partial charge in [0.2, 0.25) is 0 Å². The maximum absolute atomic E-state index is 2.50. The normalized spacial score (nSPS) is 13.5. The van der Waals surface area contributed by atoms with E-state index in [4.69, 9.17) is 0 Å². The molecule has 0 atom stereocenters. The summed E-state index contributed by atoms with van der Waals surface area (Å²) in [4.78, 5) is 4.79. The second-order valence-corrected chi connectivity index (χ2v) is 14.5. The molecule has 0 amide bonds. The van der Waals surface area contributed by atoms with E-state index in [1.807, 2.05) is 0 Å². The number of anilines is 5. The van der Waals surface area contributed by atoms with Gasteiger partial charge < -0.3 is 9.80 Å². The molecule has 3 aliphatic carbocycles. The lowest BCUT2D eigenvalue weighted by Gasteiger charge is -2.33. The number of fused-ring (bicyclic) bond motifs is 13. The molecular formula is C51H36N2. The molecule has 0 radical (unpaired) electrons. The third kappa shape index (κ3) is 4.21. The SMILES string of the molecule is CN(c1ccccc1)c1ccc2c(c1)C1(c3ccccc3-c3ccccc31)c1cc(N(c3ccccc3)c3cccc4c3Cc3ccccc3-4)ccc1-2. The summed E-state index contributed by atoms with van der Waals surface area (Å²) in [5.74, 6) is 0. The average Bonchev–Trinajstić information content (AvgIpc) is 3.86. The third-order valence-corrected chi connectivity index (χ3v) is 11.9. The maximum Gasteiger partial charge on any atom is 0.0727 e. The highest BCUT2D eigenvalue weighted by atomic mass is 15.1. The standard InChI is InChI=1S/C51H36N2/c1-52(35-16-4-2-5-17-35)37-27-29-43-44-30-28-38(33-49(44)51(48(43)32-37)46-24-12-10-21-41(46)42-22-11-13-25-47(42)51)53(36-18-6-3-7-19-36)50-26-14-23-40-39-20-9-8-15-34(39)31-45(40)50/h2-30,32-33H,31H2,1H3. The molecule has 11 rings (SSSR count). The van der Waals surface area contributed by atoms with Crippen LogP contribution in [0.4, 0.5) is 28.4 Å². The first-order valence-electron chi connectivity index (χ1n) is 18.5. The van der Waals surface area contributed by atoms with Gasteiger partial charge in [-0.2, -0.15) is 0 Å². The van der Waals surface area contributed by atoms with Gasteiger partial charge in [-0.3, -0.25) is 0 Å². The molecule has 0 saturated heterocycles. The van der Waals surface area contributed by atoms with Crippen LogP contribution in [0.5, 0.6) is 0 Å². The molecule has 8 aromatic carbocycles. The Hall–Kier alpha value is -6.64. The van der Waals surface area contributed by atoms with Crippen LogP contribution in [0.25, 0.3) is 33.4 Å². The van der Waals surface area contributed by atoms with Crippen LogP contribution < -0.4 is 9.80 Å². The Balaban J connectivity index is 1.17. The summed E-state index contributed by atoms with van der Waals surface area (Å²) >= 11 is 0. The van der Waals surface area contributed by atoms with Gasteiger partial charge in [0.05, 0.1) is 11.1 Å². The molecule has 2 heteroatoms. The van der Waals surface area contributed by atoms with Crippen LogP contribution in [0.1, 0.15) is 33.4 Å². The van der Waals surface area contributed by atoms with Gasteiger partial charge in [0.25, 0.3) is 0 Å². The highest BCUT2D eigenvalue weighted by Crippen LogP contribution is 2.64. The van der Waals surface area contributed by atoms with Gasteiger partial charge in [-0.05, 0) is 121 Å². The Labute approximate surface area is 310 Å². The average molecular weight is 677 g/mol. The highest BCUT2D eigenvalue weighted by molar-refractivity contribution is 5.97. The van der Waals surface area contributed by atoms with E-state index in [2.05, 4.69) is 205 Å². The van der Waals surface area contributed by atoms with E-state index in [9.17, 15) is 0 Å². The Morgan fingerprint density at radius 3 is 1.57 bits per heavy atom. The van der Waals surface area contributed by atoms with Crippen LogP contribution in [0.2, 0.25) is 0 Å². The van der Waals surface area contributed by atoms with E-state index in [1.165, 1.54) is 83.8 Å². The summed E-state index contributed by atoms with van der Waals surface area (Å²) in [5.41, 5.74) is 21.4. The number of rotatable bonds is 5. The molecule has 53 heavy (non-hydrogen) atoms. The molecule has 0 heterocycles. The molecule has 8 aromatic rings. The number of hydrogen-bond acceptors (Lipinski definition) is 2. The van der Waals surface area contributed by atoms with E-state index >= 15 is 0 Å². The van der Waals surface area contributed by atoms with Crippen LogP contribution in [0.15, 0.2) is 188 Å². The lowest BCUT2D eigenvalue weighted by atomic mass is 9.70. The van der Waals surface area contributed by atoms with Gasteiger partial charge >= 0.3 is 0 Å². The van der Waals surface area contributed by atoms with Crippen LogP contribution in [-0.2, 0) is 11.8 Å². The van der Waals surface area contributed by atoms with Gasteiger partial charge in [0, 0.05) is 36.2 Å². The fourth-order valence-electron chi connectivity index (χ4n) is 9.62. The lowest BCUT2D eigenvalue weighted by molar-refractivity contribution is 0.793. The van der Waals surface area contributed by atoms with Crippen molar-refractivity contribution in [2.45, 2.75) is 11.8 Å². The smallest absolute Gasteiger partial charge is 0.0727 e. The van der Waals surface area contributed by atoms with Crippen molar-refractivity contribution in [2.75, 3.05) is 16.8 Å². The molecule has 1 spiro atoms. The number of para-hydroxylation sites is 2. The molecule has 250 valence electrons. The van der Waals surface area contributed by atoms with E-state index in [-0.39, 0.29) is 0 Å². The van der Waals surface area contributed by atoms with Gasteiger partial charge in [-0.15, -0.1) is 0 Å². The molecule has 0 N–H and O–H groups in total. The summed E-state index contributed by atoms with van der Waals surface area (Å²) in [5, 5.41) is 0. The van der Waals surface area contributed by atoms with Crippen molar-refractivity contribution in [3.63, 3.8) is 0 Å². The zero-order valence-corrected chi connectivity index (χ0v) is 29.5. The van der Waals surface area contributed by atoms with Gasteiger partial charge in [0.1, 0.15) is 0 Å². The first-order chi connectivity index (χ1) is 26.2. The van der Waals surface area contributed by atoms with E-state index in [1.54, 1.807) is 0 Å². The van der Waals surface area contributed by atoms with Gasteiger partial charge in [0.15, 0.2) is 0 Å². The van der Waals surface area contributed by atoms with Crippen molar-refractivity contribution in [3.8, 4) is 33.4 Å². The van der Waals surface area contributed by atoms with E-state index < -0.39 is 5.41 Å². The lowest BCUT2D eigenvalue weighted by Crippen LogP contribution is -2.26.